The molecule has 2 aromatic rings. The highest BCUT2D eigenvalue weighted by Crippen LogP contribution is 2.20. The normalized spacial score (nSPS) is 14.5. The van der Waals surface area contributed by atoms with Gasteiger partial charge in [-0.3, -0.25) is 15.0 Å². The summed E-state index contributed by atoms with van der Waals surface area (Å²) < 4.78 is 2.08. The molecule has 1 saturated heterocycles. The molecule has 9 heteroatoms. The van der Waals surface area contributed by atoms with Crippen LogP contribution in [0.1, 0.15) is 37.6 Å². The van der Waals surface area contributed by atoms with Crippen molar-refractivity contribution in [1.82, 2.24) is 30.3 Å². The lowest BCUT2D eigenvalue weighted by Crippen LogP contribution is -2.40. The van der Waals surface area contributed by atoms with E-state index in [0.717, 1.165) is 31.0 Å². The Morgan fingerprint density at radius 3 is 2.55 bits per heavy atom. The fourth-order valence-corrected chi connectivity index (χ4v) is 4.04. The zero-order valence-electron chi connectivity index (χ0n) is 16.8. The lowest BCUT2D eigenvalue weighted by atomic mass is 10.1. The van der Waals surface area contributed by atoms with Crippen molar-refractivity contribution < 1.29 is 9.59 Å². The summed E-state index contributed by atoms with van der Waals surface area (Å²) in [5.41, 5.74) is 1.15. The number of amides is 3. The van der Waals surface area contributed by atoms with Gasteiger partial charge in [0.05, 0.1) is 18.8 Å². The Morgan fingerprint density at radius 2 is 1.83 bits per heavy atom. The minimum Gasteiger partial charge on any atom is -0.338 e. The molecule has 156 valence electrons. The maximum absolute atomic E-state index is 12.0. The first-order valence-corrected chi connectivity index (χ1v) is 11.0. The zero-order valence-corrected chi connectivity index (χ0v) is 17.6. The number of hydrogen-bond donors (Lipinski definition) is 2. The number of piperidine rings is 1. The van der Waals surface area contributed by atoms with Crippen molar-refractivity contribution >= 4 is 23.7 Å². The molecule has 0 spiro atoms. The number of rotatable bonds is 8. The lowest BCUT2D eigenvalue weighted by Gasteiger charge is -2.26. The Hall–Kier alpha value is -2.39. The van der Waals surface area contributed by atoms with Gasteiger partial charge in [-0.15, -0.1) is 10.2 Å². The summed E-state index contributed by atoms with van der Waals surface area (Å²) in [5.74, 6) is 0.656. The van der Waals surface area contributed by atoms with E-state index in [1.54, 1.807) is 6.92 Å². The number of aromatic nitrogens is 3. The molecule has 29 heavy (non-hydrogen) atoms. The highest BCUT2D eigenvalue weighted by atomic mass is 32.2. The monoisotopic (exact) mass is 416 g/mol. The molecule has 1 aromatic carbocycles. The van der Waals surface area contributed by atoms with Crippen LogP contribution in [0.2, 0.25) is 0 Å². The van der Waals surface area contributed by atoms with Crippen LogP contribution in [0.5, 0.6) is 0 Å². The summed E-state index contributed by atoms with van der Waals surface area (Å²) in [6.45, 7) is 5.83. The molecule has 1 aromatic heterocycles. The van der Waals surface area contributed by atoms with E-state index in [9.17, 15) is 9.59 Å². The van der Waals surface area contributed by atoms with Gasteiger partial charge in [0.1, 0.15) is 5.82 Å². The van der Waals surface area contributed by atoms with E-state index in [4.69, 9.17) is 0 Å². The van der Waals surface area contributed by atoms with E-state index in [2.05, 4.69) is 42.4 Å². The minimum absolute atomic E-state index is 0.105. The molecule has 3 rings (SSSR count). The summed E-state index contributed by atoms with van der Waals surface area (Å²) >= 11 is 1.30. The fourth-order valence-electron chi connectivity index (χ4n) is 3.28. The third-order valence-corrected chi connectivity index (χ3v) is 5.68. The van der Waals surface area contributed by atoms with Crippen LogP contribution in [0, 0.1) is 0 Å². The third-order valence-electron chi connectivity index (χ3n) is 4.71. The van der Waals surface area contributed by atoms with Crippen molar-refractivity contribution in [3.8, 4) is 0 Å². The molecule has 8 nitrogen and oxygen atoms in total. The second-order valence-corrected chi connectivity index (χ2v) is 7.95. The van der Waals surface area contributed by atoms with Crippen molar-refractivity contribution in [2.24, 2.45) is 0 Å². The van der Waals surface area contributed by atoms with Crippen LogP contribution < -0.4 is 10.6 Å². The molecule has 0 aliphatic carbocycles. The maximum Gasteiger partial charge on any atom is 0.321 e. The van der Waals surface area contributed by atoms with Crippen LogP contribution in [0.3, 0.4) is 0 Å². The van der Waals surface area contributed by atoms with E-state index in [1.165, 1.54) is 31.0 Å². The van der Waals surface area contributed by atoms with Crippen molar-refractivity contribution in [3.05, 3.63) is 41.7 Å². The number of imide groups is 1. The van der Waals surface area contributed by atoms with E-state index < -0.39 is 6.03 Å². The van der Waals surface area contributed by atoms with E-state index in [0.29, 0.717) is 18.2 Å². The van der Waals surface area contributed by atoms with Gasteiger partial charge in [0.15, 0.2) is 5.16 Å². The van der Waals surface area contributed by atoms with Gasteiger partial charge in [0.2, 0.25) is 5.91 Å². The quantitative estimate of drug-likeness (QED) is 0.642. The second-order valence-electron chi connectivity index (χ2n) is 7.00. The molecule has 0 saturated carbocycles. The van der Waals surface area contributed by atoms with E-state index >= 15 is 0 Å². The first-order chi connectivity index (χ1) is 14.2. The highest BCUT2D eigenvalue weighted by Gasteiger charge is 2.19. The van der Waals surface area contributed by atoms with Crippen LogP contribution in [0.25, 0.3) is 0 Å². The number of carbonyl (C=O) groups excluding carboxylic acids is 2. The Kier molecular flexibility index (Phi) is 8.06. The molecule has 2 N–H and O–H groups in total. The Bertz CT molecular complexity index is 805. The predicted molar refractivity (Wildman–Crippen MR) is 113 cm³/mol. The first kappa shape index (κ1) is 21.3. The summed E-state index contributed by atoms with van der Waals surface area (Å²) in [6, 6.07) is 9.68. The number of benzene rings is 1. The van der Waals surface area contributed by atoms with Crippen LogP contribution in [0.15, 0.2) is 35.5 Å². The van der Waals surface area contributed by atoms with Gasteiger partial charge in [-0.25, -0.2) is 4.79 Å². The largest absolute Gasteiger partial charge is 0.338 e. The van der Waals surface area contributed by atoms with Gasteiger partial charge in [-0.2, -0.15) is 0 Å². The third kappa shape index (κ3) is 6.57. The molecule has 0 unspecified atom stereocenters. The van der Waals surface area contributed by atoms with Crippen molar-refractivity contribution in [3.63, 3.8) is 0 Å². The number of carbonyl (C=O) groups is 2. The van der Waals surface area contributed by atoms with Crippen molar-refractivity contribution in [2.45, 2.75) is 44.4 Å². The maximum atomic E-state index is 12.0. The molecule has 1 aliphatic heterocycles. The average molecular weight is 417 g/mol. The van der Waals surface area contributed by atoms with Crippen molar-refractivity contribution in [2.75, 3.05) is 25.4 Å². The number of likely N-dealkylation sites (tertiary alicyclic amines) is 1. The molecular formula is C20H28N6O2S. The summed E-state index contributed by atoms with van der Waals surface area (Å²) in [6.07, 6.45) is 3.72. The van der Waals surface area contributed by atoms with Crippen LogP contribution in [0.4, 0.5) is 4.79 Å². The number of thioether (sulfide) groups is 1. The molecule has 0 bridgehead atoms. The first-order valence-electron chi connectivity index (χ1n) is 10.0. The summed E-state index contributed by atoms with van der Waals surface area (Å²) in [7, 11) is 0. The van der Waals surface area contributed by atoms with Crippen LogP contribution >= 0.6 is 11.8 Å². The number of urea groups is 1. The molecule has 0 radical (unpaired) electrons. The fraction of sp³-hybridized carbons (Fsp3) is 0.500. The topological polar surface area (TPSA) is 92.2 Å². The Morgan fingerprint density at radius 1 is 1.07 bits per heavy atom. The van der Waals surface area contributed by atoms with Crippen LogP contribution in [-0.4, -0.2) is 57.0 Å². The van der Waals surface area contributed by atoms with E-state index in [1.807, 2.05) is 18.2 Å². The van der Waals surface area contributed by atoms with Gasteiger partial charge in [0.25, 0.3) is 0 Å². The average Bonchev–Trinajstić information content (AvgIpc) is 3.09. The number of nitrogens with one attached hydrogen (secondary N) is 2. The Balaban J connectivity index is 1.69. The molecular weight excluding hydrogens is 388 g/mol. The number of nitrogens with zero attached hydrogens (tertiary/aromatic N) is 4. The second kappa shape index (κ2) is 11.0. The SMILES string of the molecule is CCNC(=O)NC(=O)CSc1nnc(CN2CCCCC2)n1Cc1ccccc1. The smallest absolute Gasteiger partial charge is 0.321 e. The summed E-state index contributed by atoms with van der Waals surface area (Å²) in [5, 5.41) is 14.3. The lowest BCUT2D eigenvalue weighted by molar-refractivity contribution is -0.117. The summed E-state index contributed by atoms with van der Waals surface area (Å²) in [4.78, 5) is 26.0. The van der Waals surface area contributed by atoms with Gasteiger partial charge in [-0.1, -0.05) is 48.5 Å². The molecule has 1 fully saturated rings. The minimum atomic E-state index is -0.477. The van der Waals surface area contributed by atoms with Gasteiger partial charge >= 0.3 is 6.03 Å². The van der Waals surface area contributed by atoms with Gasteiger partial charge < -0.3 is 9.88 Å². The standard InChI is InChI=1S/C20H28N6O2S/c1-2-21-19(28)22-18(27)15-29-20-24-23-17(14-25-11-7-4-8-12-25)26(20)13-16-9-5-3-6-10-16/h3,5-6,9-10H,2,4,7-8,11-15H2,1H3,(H2,21,22,27,28). The number of hydrogen-bond acceptors (Lipinski definition) is 6. The zero-order chi connectivity index (χ0) is 20.5. The molecule has 1 aliphatic rings. The Labute approximate surface area is 175 Å². The highest BCUT2D eigenvalue weighted by molar-refractivity contribution is 7.99. The van der Waals surface area contributed by atoms with E-state index in [-0.39, 0.29) is 11.7 Å². The predicted octanol–water partition coefficient (Wildman–Crippen LogP) is 2.25. The molecule has 2 heterocycles. The van der Waals surface area contributed by atoms with Crippen LogP contribution in [-0.2, 0) is 17.9 Å². The van der Waals surface area contributed by atoms with Crippen molar-refractivity contribution in [1.29, 1.82) is 0 Å². The molecule has 0 atom stereocenters. The van der Waals surface area contributed by atoms with Gasteiger partial charge in [-0.05, 0) is 38.4 Å². The molecule has 3 amide bonds. The van der Waals surface area contributed by atoms with Gasteiger partial charge in [0, 0.05) is 6.54 Å².